The van der Waals surface area contributed by atoms with Crippen molar-refractivity contribution < 1.29 is 4.42 Å². The van der Waals surface area contributed by atoms with E-state index in [0.29, 0.717) is 6.04 Å². The number of furan rings is 1. The minimum Gasteiger partial charge on any atom is -0.468 e. The average molecular weight is 237 g/mol. The first-order valence-electron chi connectivity index (χ1n) is 6.32. The normalized spacial score (nSPS) is 23.1. The third-order valence-corrected chi connectivity index (χ3v) is 3.51. The van der Waals surface area contributed by atoms with Crippen LogP contribution in [0.3, 0.4) is 0 Å². The average Bonchev–Trinajstić information content (AvgIpc) is 2.72. The van der Waals surface area contributed by atoms with Crippen LogP contribution in [0.5, 0.6) is 0 Å². The van der Waals surface area contributed by atoms with E-state index in [1.807, 2.05) is 13.3 Å². The summed E-state index contributed by atoms with van der Waals surface area (Å²) in [5, 5.41) is 3.13. The zero-order chi connectivity index (χ0) is 12.3. The van der Waals surface area contributed by atoms with E-state index in [1.54, 1.807) is 0 Å². The molecule has 1 aliphatic rings. The standard InChI is InChI=1S/C13H23N3O/c1-11-8-16(5-4-15(11)3)9-13-6-12(7-14-2)10-17-13/h6,10-11,14H,4-5,7-9H2,1-3H3. The Bertz CT molecular complexity index is 350. The Morgan fingerprint density at radius 1 is 1.47 bits per heavy atom. The molecule has 4 nitrogen and oxygen atoms in total. The van der Waals surface area contributed by atoms with Crippen LogP contribution in [0.1, 0.15) is 18.2 Å². The number of rotatable bonds is 4. The zero-order valence-electron chi connectivity index (χ0n) is 11.1. The molecule has 0 saturated carbocycles. The molecule has 1 atom stereocenters. The lowest BCUT2D eigenvalue weighted by Gasteiger charge is -2.37. The molecule has 1 aromatic heterocycles. The van der Waals surface area contributed by atoms with Crippen LogP contribution in [-0.4, -0.2) is 49.6 Å². The molecule has 0 amide bonds. The second-order valence-electron chi connectivity index (χ2n) is 5.02. The maximum absolute atomic E-state index is 5.59. The largest absolute Gasteiger partial charge is 0.468 e. The molecule has 2 heterocycles. The molecule has 1 saturated heterocycles. The highest BCUT2D eigenvalue weighted by Crippen LogP contribution is 2.14. The summed E-state index contributed by atoms with van der Waals surface area (Å²) in [5.41, 5.74) is 1.23. The van der Waals surface area contributed by atoms with E-state index in [0.717, 1.165) is 38.5 Å². The van der Waals surface area contributed by atoms with E-state index in [1.165, 1.54) is 5.56 Å². The second kappa shape index (κ2) is 5.67. The third-order valence-electron chi connectivity index (χ3n) is 3.51. The van der Waals surface area contributed by atoms with E-state index in [9.17, 15) is 0 Å². The lowest BCUT2D eigenvalue weighted by atomic mass is 10.2. The molecular formula is C13H23N3O. The van der Waals surface area contributed by atoms with Crippen LogP contribution in [0.4, 0.5) is 0 Å². The maximum Gasteiger partial charge on any atom is 0.118 e. The third kappa shape index (κ3) is 3.31. The molecule has 2 rings (SSSR count). The fraction of sp³-hybridized carbons (Fsp3) is 0.692. The Morgan fingerprint density at radius 2 is 2.29 bits per heavy atom. The minimum absolute atomic E-state index is 0.635. The summed E-state index contributed by atoms with van der Waals surface area (Å²) in [7, 11) is 4.15. The van der Waals surface area contributed by atoms with Crippen LogP contribution in [0.25, 0.3) is 0 Å². The van der Waals surface area contributed by atoms with Gasteiger partial charge >= 0.3 is 0 Å². The van der Waals surface area contributed by atoms with Crippen LogP contribution in [0.15, 0.2) is 16.7 Å². The van der Waals surface area contributed by atoms with Gasteiger partial charge in [-0.1, -0.05) is 0 Å². The van der Waals surface area contributed by atoms with Gasteiger partial charge in [-0.2, -0.15) is 0 Å². The highest BCUT2D eigenvalue weighted by Gasteiger charge is 2.21. The predicted molar refractivity (Wildman–Crippen MR) is 68.8 cm³/mol. The van der Waals surface area contributed by atoms with Crippen molar-refractivity contribution in [2.45, 2.75) is 26.1 Å². The molecule has 96 valence electrons. The summed E-state index contributed by atoms with van der Waals surface area (Å²) < 4.78 is 5.59. The topological polar surface area (TPSA) is 31.7 Å². The summed E-state index contributed by atoms with van der Waals surface area (Å²) in [5.74, 6) is 1.08. The van der Waals surface area contributed by atoms with Gasteiger partial charge < -0.3 is 14.6 Å². The Balaban J connectivity index is 1.87. The Morgan fingerprint density at radius 3 is 3.00 bits per heavy atom. The van der Waals surface area contributed by atoms with Gasteiger partial charge in [-0.05, 0) is 27.1 Å². The number of hydrogen-bond donors (Lipinski definition) is 1. The molecule has 1 aliphatic heterocycles. The molecule has 0 bridgehead atoms. The van der Waals surface area contributed by atoms with Gasteiger partial charge in [0.2, 0.25) is 0 Å². The van der Waals surface area contributed by atoms with Crippen molar-refractivity contribution in [2.24, 2.45) is 0 Å². The number of likely N-dealkylation sites (N-methyl/N-ethyl adjacent to an activating group) is 1. The number of piperazine rings is 1. The van der Waals surface area contributed by atoms with Gasteiger partial charge in [0.05, 0.1) is 12.8 Å². The van der Waals surface area contributed by atoms with Gasteiger partial charge in [0.1, 0.15) is 5.76 Å². The van der Waals surface area contributed by atoms with Gasteiger partial charge in [-0.15, -0.1) is 0 Å². The van der Waals surface area contributed by atoms with Crippen molar-refractivity contribution in [1.29, 1.82) is 0 Å². The highest BCUT2D eigenvalue weighted by molar-refractivity contribution is 5.12. The molecule has 1 unspecified atom stereocenters. The molecule has 0 aromatic carbocycles. The van der Waals surface area contributed by atoms with E-state index in [2.05, 4.69) is 35.2 Å². The van der Waals surface area contributed by atoms with Crippen LogP contribution in [0.2, 0.25) is 0 Å². The first-order chi connectivity index (χ1) is 8.19. The molecule has 0 aliphatic carbocycles. The maximum atomic E-state index is 5.59. The fourth-order valence-electron chi connectivity index (χ4n) is 2.29. The van der Waals surface area contributed by atoms with Gasteiger partial charge in [0, 0.05) is 37.8 Å². The van der Waals surface area contributed by atoms with Crippen LogP contribution in [-0.2, 0) is 13.1 Å². The first-order valence-corrected chi connectivity index (χ1v) is 6.32. The summed E-state index contributed by atoms with van der Waals surface area (Å²) in [6.07, 6.45) is 1.85. The van der Waals surface area contributed by atoms with E-state index in [-0.39, 0.29) is 0 Å². The van der Waals surface area contributed by atoms with Crippen LogP contribution < -0.4 is 5.32 Å². The molecule has 0 radical (unpaired) electrons. The number of nitrogens with zero attached hydrogens (tertiary/aromatic N) is 2. The fourth-order valence-corrected chi connectivity index (χ4v) is 2.29. The number of nitrogens with one attached hydrogen (secondary N) is 1. The van der Waals surface area contributed by atoms with Crippen LogP contribution in [0, 0.1) is 0 Å². The zero-order valence-corrected chi connectivity index (χ0v) is 11.1. The Kier molecular flexibility index (Phi) is 4.20. The molecule has 1 N–H and O–H groups in total. The molecule has 1 aromatic rings. The second-order valence-corrected chi connectivity index (χ2v) is 5.02. The van der Waals surface area contributed by atoms with Gasteiger partial charge in [-0.3, -0.25) is 4.90 Å². The summed E-state index contributed by atoms with van der Waals surface area (Å²) in [4.78, 5) is 4.87. The van der Waals surface area contributed by atoms with E-state index >= 15 is 0 Å². The van der Waals surface area contributed by atoms with E-state index in [4.69, 9.17) is 4.42 Å². The first kappa shape index (κ1) is 12.6. The Labute approximate surface area is 104 Å². The molecule has 17 heavy (non-hydrogen) atoms. The minimum atomic E-state index is 0.635. The summed E-state index contributed by atoms with van der Waals surface area (Å²) in [6.45, 7) is 7.48. The van der Waals surface area contributed by atoms with Crippen LogP contribution >= 0.6 is 0 Å². The van der Waals surface area contributed by atoms with Crippen molar-refractivity contribution in [3.05, 3.63) is 23.7 Å². The molecule has 4 heteroatoms. The predicted octanol–water partition coefficient (Wildman–Crippen LogP) is 1.13. The summed E-state index contributed by atoms with van der Waals surface area (Å²) >= 11 is 0. The van der Waals surface area contributed by atoms with Crippen molar-refractivity contribution >= 4 is 0 Å². The molecule has 0 spiro atoms. The van der Waals surface area contributed by atoms with Crippen molar-refractivity contribution in [3.63, 3.8) is 0 Å². The van der Waals surface area contributed by atoms with Crippen molar-refractivity contribution in [1.82, 2.24) is 15.1 Å². The molecular weight excluding hydrogens is 214 g/mol. The van der Waals surface area contributed by atoms with E-state index < -0.39 is 0 Å². The van der Waals surface area contributed by atoms with Gasteiger partial charge in [0.25, 0.3) is 0 Å². The van der Waals surface area contributed by atoms with Gasteiger partial charge in [0.15, 0.2) is 0 Å². The monoisotopic (exact) mass is 237 g/mol. The number of hydrogen-bond acceptors (Lipinski definition) is 4. The summed E-state index contributed by atoms with van der Waals surface area (Å²) in [6, 6.07) is 2.79. The SMILES string of the molecule is CNCc1coc(CN2CCN(C)C(C)C2)c1. The smallest absolute Gasteiger partial charge is 0.118 e. The van der Waals surface area contributed by atoms with Crippen molar-refractivity contribution in [2.75, 3.05) is 33.7 Å². The van der Waals surface area contributed by atoms with Gasteiger partial charge in [-0.25, -0.2) is 0 Å². The lowest BCUT2D eigenvalue weighted by Crippen LogP contribution is -2.49. The Hall–Kier alpha value is -0.840. The van der Waals surface area contributed by atoms with Crippen molar-refractivity contribution in [3.8, 4) is 0 Å². The quantitative estimate of drug-likeness (QED) is 0.851. The highest BCUT2D eigenvalue weighted by atomic mass is 16.3. The molecule has 1 fully saturated rings. The lowest BCUT2D eigenvalue weighted by molar-refractivity contribution is 0.0947.